The molecule has 0 unspecified atom stereocenters. The maximum Gasteiger partial charge on any atom is 0.349 e. The van der Waals surface area contributed by atoms with E-state index >= 15 is 0 Å². The lowest BCUT2D eigenvalue weighted by Crippen LogP contribution is -2.29. The summed E-state index contributed by atoms with van der Waals surface area (Å²) in [4.78, 5) is 25.3. The van der Waals surface area contributed by atoms with E-state index in [-0.39, 0.29) is 24.8 Å². The first-order chi connectivity index (χ1) is 18.8. The van der Waals surface area contributed by atoms with E-state index in [9.17, 15) is 14.9 Å². The second kappa shape index (κ2) is 16.9. The zero-order chi connectivity index (χ0) is 28.5. The van der Waals surface area contributed by atoms with Crippen molar-refractivity contribution in [3.63, 3.8) is 0 Å². The van der Waals surface area contributed by atoms with E-state index in [4.69, 9.17) is 14.2 Å². The second-order valence-electron chi connectivity index (χ2n) is 10.3. The molecule has 0 N–H and O–H groups in total. The molecular formula is C33H41NO5. The summed E-state index contributed by atoms with van der Waals surface area (Å²) in [5.41, 5.74) is 1.20. The van der Waals surface area contributed by atoms with Gasteiger partial charge in [-0.25, -0.2) is 4.79 Å². The molecule has 208 valence electrons. The molecule has 2 aromatic rings. The summed E-state index contributed by atoms with van der Waals surface area (Å²) >= 11 is 0. The van der Waals surface area contributed by atoms with Gasteiger partial charge in [0.1, 0.15) is 24.0 Å². The van der Waals surface area contributed by atoms with Crippen LogP contribution in [-0.2, 0) is 19.1 Å². The summed E-state index contributed by atoms with van der Waals surface area (Å²) in [5.74, 6) is -0.299. The van der Waals surface area contributed by atoms with Crippen molar-refractivity contribution in [3.05, 3.63) is 84.0 Å². The van der Waals surface area contributed by atoms with Crippen LogP contribution >= 0.6 is 0 Å². The van der Waals surface area contributed by atoms with Gasteiger partial charge in [-0.2, -0.15) is 5.26 Å². The van der Waals surface area contributed by atoms with Gasteiger partial charge in [0, 0.05) is 17.4 Å². The minimum atomic E-state index is -0.723. The van der Waals surface area contributed by atoms with Crippen molar-refractivity contribution in [3.8, 4) is 11.8 Å². The van der Waals surface area contributed by atoms with Crippen molar-refractivity contribution in [1.29, 1.82) is 5.26 Å². The number of allylic oxidation sites excluding steroid dienone is 1. The molecule has 39 heavy (non-hydrogen) atoms. The summed E-state index contributed by atoms with van der Waals surface area (Å²) < 4.78 is 16.3. The molecule has 0 atom stereocenters. The minimum Gasteiger partial charge on any atom is -0.497 e. The topological polar surface area (TPSA) is 85.6 Å². The fourth-order valence-corrected chi connectivity index (χ4v) is 4.01. The van der Waals surface area contributed by atoms with Crippen LogP contribution in [0.1, 0.15) is 76.3 Å². The lowest BCUT2D eigenvalue weighted by Gasteiger charge is -2.24. The summed E-state index contributed by atoms with van der Waals surface area (Å²) in [6.07, 6.45) is 9.85. The highest BCUT2D eigenvalue weighted by atomic mass is 16.5. The number of rotatable bonds is 17. The molecular weight excluding hydrogens is 490 g/mol. The maximum atomic E-state index is 13.1. The minimum absolute atomic E-state index is 0.000313. The zero-order valence-electron chi connectivity index (χ0n) is 23.5. The Kier molecular flexibility index (Phi) is 13.6. The second-order valence-corrected chi connectivity index (χ2v) is 10.3. The van der Waals surface area contributed by atoms with E-state index in [1.54, 1.807) is 31.4 Å². The van der Waals surface area contributed by atoms with E-state index in [2.05, 4.69) is 6.58 Å². The third-order valence-corrected chi connectivity index (χ3v) is 6.26. The Morgan fingerprint density at radius 1 is 0.872 bits per heavy atom. The van der Waals surface area contributed by atoms with E-state index in [1.807, 2.05) is 56.3 Å². The van der Waals surface area contributed by atoms with Gasteiger partial charge in [0.25, 0.3) is 0 Å². The average molecular weight is 532 g/mol. The van der Waals surface area contributed by atoms with Gasteiger partial charge >= 0.3 is 11.9 Å². The number of nitriles is 1. The van der Waals surface area contributed by atoms with Gasteiger partial charge in [-0.1, -0.05) is 88.1 Å². The molecule has 0 heterocycles. The van der Waals surface area contributed by atoms with Gasteiger partial charge in [-0.05, 0) is 42.5 Å². The monoisotopic (exact) mass is 531 g/mol. The molecule has 2 aromatic carbocycles. The first-order valence-electron chi connectivity index (χ1n) is 13.6. The third-order valence-electron chi connectivity index (χ3n) is 6.26. The van der Waals surface area contributed by atoms with Crippen molar-refractivity contribution in [1.82, 2.24) is 0 Å². The summed E-state index contributed by atoms with van der Waals surface area (Å²) in [5, 5.41) is 9.96. The van der Waals surface area contributed by atoms with Crippen molar-refractivity contribution >= 4 is 17.5 Å². The number of nitrogens with zero attached hydrogens (tertiary/aromatic N) is 1. The smallest absolute Gasteiger partial charge is 0.349 e. The fraction of sp³-hybridized carbons (Fsp3) is 0.424. The van der Waals surface area contributed by atoms with E-state index in [0.717, 1.165) is 31.2 Å². The number of unbranched alkanes of at least 4 members (excludes halogenated alkanes) is 6. The number of hydrogen-bond acceptors (Lipinski definition) is 6. The van der Waals surface area contributed by atoms with Gasteiger partial charge in [-0.15, -0.1) is 6.58 Å². The highest BCUT2D eigenvalue weighted by molar-refractivity contribution is 6.05. The number of carbonyl (C=O) groups is 2. The van der Waals surface area contributed by atoms with Gasteiger partial charge < -0.3 is 14.2 Å². The Hall–Kier alpha value is -3.85. The van der Waals surface area contributed by atoms with E-state index in [1.165, 1.54) is 19.3 Å². The predicted molar refractivity (Wildman–Crippen MR) is 154 cm³/mol. The summed E-state index contributed by atoms with van der Waals surface area (Å²) in [6.45, 7) is 7.57. The molecule has 0 bridgehead atoms. The lowest BCUT2D eigenvalue weighted by molar-refractivity contribution is -0.150. The van der Waals surface area contributed by atoms with Crippen molar-refractivity contribution in [2.24, 2.45) is 5.41 Å². The van der Waals surface area contributed by atoms with Gasteiger partial charge in [0.05, 0.1) is 13.7 Å². The fourth-order valence-electron chi connectivity index (χ4n) is 4.01. The standard InChI is InChI=1S/C33H41NO5/c1-5-6-7-8-9-10-11-15-18-30(35)38-24-33(2,3)25-39-32(36)29(23-34)31(26-16-13-12-14-17-26)27-19-21-28(37-4)22-20-27/h5,12-14,16-17,19-22H,1,6-11,15,18,24-25H2,2-4H3/b31-29-. The van der Waals surface area contributed by atoms with Crippen LogP contribution in [-0.4, -0.2) is 32.3 Å². The molecule has 0 spiro atoms. The van der Waals surface area contributed by atoms with Gasteiger partial charge in [0.15, 0.2) is 0 Å². The first kappa shape index (κ1) is 31.4. The number of ether oxygens (including phenoxy) is 3. The maximum absolute atomic E-state index is 13.1. The van der Waals surface area contributed by atoms with Gasteiger partial charge in [0.2, 0.25) is 0 Å². The summed E-state index contributed by atoms with van der Waals surface area (Å²) in [7, 11) is 1.58. The highest BCUT2D eigenvalue weighted by Gasteiger charge is 2.26. The van der Waals surface area contributed by atoms with Crippen LogP contribution < -0.4 is 4.74 Å². The predicted octanol–water partition coefficient (Wildman–Crippen LogP) is 7.44. The number of benzene rings is 2. The lowest BCUT2D eigenvalue weighted by atomic mass is 9.93. The molecule has 2 rings (SSSR count). The molecule has 0 amide bonds. The highest BCUT2D eigenvalue weighted by Crippen LogP contribution is 2.29. The Labute approximate surface area is 233 Å². The van der Waals surface area contributed by atoms with E-state index in [0.29, 0.717) is 23.3 Å². The molecule has 0 aliphatic rings. The third kappa shape index (κ3) is 11.2. The average Bonchev–Trinajstić information content (AvgIpc) is 2.95. The number of carbonyl (C=O) groups excluding carboxylic acids is 2. The molecule has 0 radical (unpaired) electrons. The van der Waals surface area contributed by atoms with Crippen LogP contribution in [0.25, 0.3) is 5.57 Å². The van der Waals surface area contributed by atoms with Crippen LogP contribution in [0.3, 0.4) is 0 Å². The Bertz CT molecular complexity index is 1130. The molecule has 6 heteroatoms. The molecule has 0 saturated carbocycles. The Balaban J connectivity index is 1.96. The van der Waals surface area contributed by atoms with Crippen molar-refractivity contribution in [2.75, 3.05) is 20.3 Å². The molecule has 0 fully saturated rings. The summed E-state index contributed by atoms with van der Waals surface area (Å²) in [6, 6.07) is 18.5. The Morgan fingerprint density at radius 2 is 1.46 bits per heavy atom. The molecule has 6 nitrogen and oxygen atoms in total. The molecule has 0 aliphatic carbocycles. The first-order valence-corrected chi connectivity index (χ1v) is 13.6. The van der Waals surface area contributed by atoms with Gasteiger partial charge in [-0.3, -0.25) is 4.79 Å². The van der Waals surface area contributed by atoms with Crippen LogP contribution in [0, 0.1) is 16.7 Å². The van der Waals surface area contributed by atoms with Crippen molar-refractivity contribution < 1.29 is 23.8 Å². The largest absolute Gasteiger partial charge is 0.497 e. The van der Waals surface area contributed by atoms with E-state index < -0.39 is 11.4 Å². The van der Waals surface area contributed by atoms with Crippen LogP contribution in [0.4, 0.5) is 0 Å². The van der Waals surface area contributed by atoms with Crippen LogP contribution in [0.5, 0.6) is 5.75 Å². The quantitative estimate of drug-likeness (QED) is 0.0693. The molecule has 0 aliphatic heterocycles. The van der Waals surface area contributed by atoms with Crippen LogP contribution in [0.2, 0.25) is 0 Å². The number of esters is 2. The Morgan fingerprint density at radius 3 is 2.08 bits per heavy atom. The zero-order valence-corrected chi connectivity index (χ0v) is 23.5. The normalized spacial score (nSPS) is 11.6. The molecule has 0 saturated heterocycles. The number of methoxy groups -OCH3 is 1. The SMILES string of the molecule is C=CCCCCCCCCC(=O)OCC(C)(C)COC(=O)/C(C#N)=C(/c1ccccc1)c1ccc(OC)cc1. The number of hydrogen-bond donors (Lipinski definition) is 0. The van der Waals surface area contributed by atoms with Crippen molar-refractivity contribution in [2.45, 2.75) is 65.2 Å². The van der Waals surface area contributed by atoms with Crippen LogP contribution in [0.15, 0.2) is 72.8 Å². The molecule has 0 aromatic heterocycles.